The normalized spacial score (nSPS) is 16.3. The molecule has 1 aliphatic rings. The molecule has 0 aliphatic carbocycles. The maximum Gasteiger partial charge on any atom is 0.416 e. The van der Waals surface area contributed by atoms with Gasteiger partial charge in [0.1, 0.15) is 5.75 Å². The number of piperazine rings is 1. The third-order valence-electron chi connectivity index (χ3n) is 6.40. The zero-order valence-electron chi connectivity index (χ0n) is 20.7. The molecule has 3 aromatic rings. The number of benzene rings is 3. The second kappa shape index (κ2) is 12.0. The van der Waals surface area contributed by atoms with Crippen molar-refractivity contribution in [1.82, 2.24) is 9.21 Å². The van der Waals surface area contributed by atoms with E-state index >= 15 is 0 Å². The Balaban J connectivity index is 1.41. The summed E-state index contributed by atoms with van der Waals surface area (Å²) >= 11 is 6.07. The molecule has 6 nitrogen and oxygen atoms in total. The van der Waals surface area contributed by atoms with Crippen LogP contribution in [0.25, 0.3) is 0 Å². The van der Waals surface area contributed by atoms with Crippen LogP contribution in [-0.4, -0.2) is 57.5 Å². The van der Waals surface area contributed by atoms with E-state index in [9.17, 15) is 21.6 Å². The van der Waals surface area contributed by atoms with Gasteiger partial charge in [0.2, 0.25) is 10.0 Å². The van der Waals surface area contributed by atoms with E-state index in [0.717, 1.165) is 41.1 Å². The molecule has 204 valence electrons. The number of methoxy groups -OCH3 is 1. The highest BCUT2D eigenvalue weighted by Crippen LogP contribution is 2.30. The summed E-state index contributed by atoms with van der Waals surface area (Å²) in [5.74, 6) is 0.736. The Bertz CT molecular complexity index is 1310. The van der Waals surface area contributed by atoms with Gasteiger partial charge >= 0.3 is 6.18 Å². The summed E-state index contributed by atoms with van der Waals surface area (Å²) < 4.78 is 77.5. The summed E-state index contributed by atoms with van der Waals surface area (Å²) in [6.45, 7) is 2.21. The van der Waals surface area contributed by atoms with Crippen molar-refractivity contribution in [2.75, 3.05) is 39.8 Å². The number of hydrogen-bond donors (Lipinski definition) is 0. The molecule has 11 heteroatoms. The van der Waals surface area contributed by atoms with E-state index < -0.39 is 21.8 Å². The predicted octanol–water partition coefficient (Wildman–Crippen LogP) is 5.63. The fourth-order valence-electron chi connectivity index (χ4n) is 4.24. The third kappa shape index (κ3) is 7.06. The molecule has 38 heavy (non-hydrogen) atoms. The summed E-state index contributed by atoms with van der Waals surface area (Å²) in [6, 6.07) is 18.6. The smallest absolute Gasteiger partial charge is 0.416 e. The van der Waals surface area contributed by atoms with Crippen molar-refractivity contribution in [1.29, 1.82) is 0 Å². The lowest BCUT2D eigenvalue weighted by molar-refractivity contribution is -0.137. The van der Waals surface area contributed by atoms with Crippen LogP contribution >= 0.6 is 11.6 Å². The van der Waals surface area contributed by atoms with Crippen molar-refractivity contribution >= 4 is 21.6 Å². The first kappa shape index (κ1) is 28.4. The molecule has 1 fully saturated rings. The highest BCUT2D eigenvalue weighted by atomic mass is 35.5. The summed E-state index contributed by atoms with van der Waals surface area (Å²) in [6.07, 6.45) is -4.82. The van der Waals surface area contributed by atoms with Crippen LogP contribution in [0.2, 0.25) is 5.02 Å². The van der Waals surface area contributed by atoms with Gasteiger partial charge in [-0.05, 0) is 59.7 Å². The van der Waals surface area contributed by atoms with Gasteiger partial charge in [0.05, 0.1) is 30.3 Å². The zero-order chi connectivity index (χ0) is 27.3. The lowest BCUT2D eigenvalue weighted by Gasteiger charge is -2.36. The Morgan fingerprint density at radius 1 is 0.947 bits per heavy atom. The fraction of sp³-hybridized carbons (Fsp3) is 0.333. The lowest BCUT2D eigenvalue weighted by Crippen LogP contribution is -2.49. The molecular formula is C27H28ClF3N2O4S. The van der Waals surface area contributed by atoms with Gasteiger partial charge in [-0.2, -0.15) is 17.5 Å². The van der Waals surface area contributed by atoms with Crippen LogP contribution in [0.3, 0.4) is 0 Å². The Kier molecular flexibility index (Phi) is 9.00. The quantitative estimate of drug-likeness (QED) is 0.335. The monoisotopic (exact) mass is 568 g/mol. The van der Waals surface area contributed by atoms with Crippen molar-refractivity contribution in [3.63, 3.8) is 0 Å². The van der Waals surface area contributed by atoms with Crippen LogP contribution < -0.4 is 4.74 Å². The minimum atomic E-state index is -4.52. The molecule has 0 N–H and O–H groups in total. The number of sulfonamides is 1. The van der Waals surface area contributed by atoms with Crippen molar-refractivity contribution in [3.05, 3.63) is 94.5 Å². The molecule has 0 radical (unpaired) electrons. The van der Waals surface area contributed by atoms with Crippen molar-refractivity contribution in [3.8, 4) is 5.75 Å². The largest absolute Gasteiger partial charge is 0.497 e. The Morgan fingerprint density at radius 3 is 2.21 bits per heavy atom. The molecule has 4 rings (SSSR count). The average Bonchev–Trinajstić information content (AvgIpc) is 2.91. The maximum atomic E-state index is 13.0. The van der Waals surface area contributed by atoms with Gasteiger partial charge in [0.25, 0.3) is 0 Å². The first-order valence-electron chi connectivity index (χ1n) is 12.0. The van der Waals surface area contributed by atoms with Gasteiger partial charge in [-0.1, -0.05) is 35.9 Å². The van der Waals surface area contributed by atoms with Crippen LogP contribution in [0.5, 0.6) is 5.75 Å². The molecule has 1 saturated heterocycles. The van der Waals surface area contributed by atoms with Crippen LogP contribution in [0.15, 0.2) is 77.7 Å². The molecule has 0 bridgehead atoms. The van der Waals surface area contributed by atoms with Gasteiger partial charge < -0.3 is 9.47 Å². The van der Waals surface area contributed by atoms with Crippen LogP contribution in [-0.2, 0) is 27.5 Å². The van der Waals surface area contributed by atoms with Gasteiger partial charge in [-0.25, -0.2) is 8.42 Å². The Hall–Kier alpha value is -2.63. The first-order chi connectivity index (χ1) is 18.1. The number of halogens is 4. The van der Waals surface area contributed by atoms with E-state index in [1.54, 1.807) is 19.2 Å². The van der Waals surface area contributed by atoms with Crippen molar-refractivity contribution in [2.45, 2.75) is 23.8 Å². The van der Waals surface area contributed by atoms with E-state index in [0.29, 0.717) is 31.3 Å². The minimum absolute atomic E-state index is 0.153. The number of alkyl halides is 3. The molecule has 1 unspecified atom stereocenters. The Morgan fingerprint density at radius 2 is 1.61 bits per heavy atom. The molecule has 1 aliphatic heterocycles. The Labute approximate surface area is 225 Å². The van der Waals surface area contributed by atoms with Crippen LogP contribution in [0.1, 0.15) is 22.8 Å². The summed E-state index contributed by atoms with van der Waals surface area (Å²) in [5, 5.41) is 0.613. The minimum Gasteiger partial charge on any atom is -0.497 e. The second-order valence-electron chi connectivity index (χ2n) is 8.93. The van der Waals surface area contributed by atoms with E-state index in [-0.39, 0.29) is 24.1 Å². The lowest BCUT2D eigenvalue weighted by atomic mass is 10.1. The van der Waals surface area contributed by atoms with Crippen LogP contribution in [0, 0.1) is 0 Å². The maximum absolute atomic E-state index is 13.0. The molecule has 0 amide bonds. The molecule has 0 spiro atoms. The molecule has 0 saturated carbocycles. The summed E-state index contributed by atoms with van der Waals surface area (Å²) in [4.78, 5) is 1.96. The fourth-order valence-corrected chi connectivity index (χ4v) is 5.79. The molecule has 3 aromatic carbocycles. The van der Waals surface area contributed by atoms with Gasteiger partial charge in [-0.15, -0.1) is 0 Å². The second-order valence-corrected chi connectivity index (χ2v) is 11.3. The highest BCUT2D eigenvalue weighted by Gasteiger charge is 2.33. The van der Waals surface area contributed by atoms with E-state index in [2.05, 4.69) is 4.90 Å². The van der Waals surface area contributed by atoms with Gasteiger partial charge in [0, 0.05) is 37.7 Å². The average molecular weight is 569 g/mol. The molecule has 1 atom stereocenters. The van der Waals surface area contributed by atoms with Crippen LogP contribution in [0.4, 0.5) is 13.2 Å². The number of nitrogens with zero attached hydrogens (tertiary/aromatic N) is 2. The first-order valence-corrected chi connectivity index (χ1v) is 13.8. The standard InChI is InChI=1S/C27H28ClF3N2O4S/c1-36-24-4-2-3-20(17-24)19-37-26(21-5-9-23(28)10-6-21)18-32-13-15-33(16-14-32)38(34,35)25-11-7-22(8-12-25)27(29,30)31/h2-12,17,26H,13-16,18-19H2,1H3. The number of rotatable bonds is 9. The van der Waals surface area contributed by atoms with Crippen molar-refractivity contribution in [2.24, 2.45) is 0 Å². The molecule has 0 aromatic heterocycles. The van der Waals surface area contributed by atoms with Gasteiger partial charge in [-0.3, -0.25) is 4.90 Å². The molecular weight excluding hydrogens is 541 g/mol. The number of hydrogen-bond acceptors (Lipinski definition) is 5. The summed E-state index contributed by atoms with van der Waals surface area (Å²) in [5.41, 5.74) is 1.01. The predicted molar refractivity (Wildman–Crippen MR) is 139 cm³/mol. The third-order valence-corrected chi connectivity index (χ3v) is 8.57. The zero-order valence-corrected chi connectivity index (χ0v) is 22.3. The summed E-state index contributed by atoms with van der Waals surface area (Å²) in [7, 11) is -2.30. The van der Waals surface area contributed by atoms with Gasteiger partial charge in [0.15, 0.2) is 0 Å². The SMILES string of the molecule is COc1cccc(COC(CN2CCN(S(=O)(=O)c3ccc(C(F)(F)F)cc3)CC2)c2ccc(Cl)cc2)c1. The van der Waals surface area contributed by atoms with E-state index in [1.807, 2.05) is 36.4 Å². The topological polar surface area (TPSA) is 59.1 Å². The number of ether oxygens (including phenoxy) is 2. The van der Waals surface area contributed by atoms with Crippen molar-refractivity contribution < 1.29 is 31.1 Å². The van der Waals surface area contributed by atoms with E-state index in [1.165, 1.54) is 4.31 Å². The molecule has 1 heterocycles. The van der Waals surface area contributed by atoms with E-state index in [4.69, 9.17) is 21.1 Å². The highest BCUT2D eigenvalue weighted by molar-refractivity contribution is 7.89.